The molecule has 0 saturated carbocycles. The van der Waals surface area contributed by atoms with E-state index in [1.54, 1.807) is 49.5 Å². The number of carboxylic acid groups (broad SMARTS) is 1. The Labute approximate surface area is 187 Å². The van der Waals surface area contributed by atoms with Crippen LogP contribution in [0.1, 0.15) is 21.0 Å². The second-order valence-corrected chi connectivity index (χ2v) is 7.26. The lowest BCUT2D eigenvalue weighted by molar-refractivity contribution is -0.115. The Morgan fingerprint density at radius 1 is 0.879 bits per heavy atom. The number of aromatic carboxylic acids is 1. The highest BCUT2D eigenvalue weighted by Gasteiger charge is 2.13. The van der Waals surface area contributed by atoms with Gasteiger partial charge in [-0.3, -0.25) is 15.0 Å². The number of anilines is 2. The molecule has 4 rings (SSSR count). The Morgan fingerprint density at radius 2 is 1.45 bits per heavy atom. The number of nitrogens with one attached hydrogen (secondary N) is 7. The third-order valence-corrected chi connectivity index (χ3v) is 4.93. The first-order valence-electron chi connectivity index (χ1n) is 9.92. The molecule has 2 aromatic carbocycles. The van der Waals surface area contributed by atoms with Gasteiger partial charge in [-0.25, -0.2) is 4.79 Å². The highest BCUT2D eigenvalue weighted by molar-refractivity contribution is 6.07. The number of amides is 2. The van der Waals surface area contributed by atoms with Crippen molar-refractivity contribution in [3.63, 3.8) is 0 Å². The van der Waals surface area contributed by atoms with E-state index < -0.39 is 5.97 Å². The summed E-state index contributed by atoms with van der Waals surface area (Å²) in [5.41, 5.74) is 2.86. The molecular formula is C22H21N7O4. The van der Waals surface area contributed by atoms with Crippen LogP contribution < -0.4 is 21.3 Å². The van der Waals surface area contributed by atoms with Gasteiger partial charge in [0.15, 0.2) is 5.96 Å². The van der Waals surface area contributed by atoms with Crippen LogP contribution in [0.4, 0.5) is 11.4 Å². The molecule has 4 aromatic rings. The van der Waals surface area contributed by atoms with Crippen molar-refractivity contribution >= 4 is 56.9 Å². The minimum atomic E-state index is -1.06. The maximum absolute atomic E-state index is 12.7. The standard InChI is InChI=1S/C22H21N7O4/c1-24-22(23)25-10-19(30)26-13-2-4-15-11(6-13)8-17(28-15)20(31)27-14-3-5-16-12(7-14)9-18(29-16)21(32)33/h2-9,28-29H,10H2,1H3,(H,26,30)(H,27,31)(H,32,33)(H3,23,24,25). The number of aromatic nitrogens is 2. The third-order valence-electron chi connectivity index (χ3n) is 4.93. The van der Waals surface area contributed by atoms with Crippen molar-refractivity contribution < 1.29 is 19.5 Å². The molecule has 0 aliphatic heterocycles. The second kappa shape index (κ2) is 8.75. The van der Waals surface area contributed by atoms with Crippen molar-refractivity contribution in [1.29, 1.82) is 5.41 Å². The number of carboxylic acids is 1. The zero-order valence-corrected chi connectivity index (χ0v) is 17.5. The molecule has 2 heterocycles. The van der Waals surface area contributed by atoms with E-state index in [2.05, 4.69) is 31.2 Å². The predicted octanol–water partition coefficient (Wildman–Crippen LogP) is 2.28. The average molecular weight is 447 g/mol. The van der Waals surface area contributed by atoms with E-state index in [9.17, 15) is 14.4 Å². The lowest BCUT2D eigenvalue weighted by atomic mass is 10.2. The summed E-state index contributed by atoms with van der Waals surface area (Å²) in [4.78, 5) is 41.7. The van der Waals surface area contributed by atoms with Crippen LogP contribution >= 0.6 is 0 Å². The number of hydrogen-bond donors (Lipinski definition) is 8. The van der Waals surface area contributed by atoms with Crippen LogP contribution in [0, 0.1) is 5.41 Å². The average Bonchev–Trinajstić information content (AvgIpc) is 3.41. The maximum atomic E-state index is 12.7. The molecule has 2 aromatic heterocycles. The van der Waals surface area contributed by atoms with E-state index in [1.165, 1.54) is 6.07 Å². The fraction of sp³-hybridized carbons (Fsp3) is 0.0909. The summed E-state index contributed by atoms with van der Waals surface area (Å²) in [5.74, 6) is -1.69. The molecule has 0 saturated heterocycles. The number of hydrogen-bond acceptors (Lipinski definition) is 4. The Morgan fingerprint density at radius 3 is 2.06 bits per heavy atom. The quantitative estimate of drug-likeness (QED) is 0.166. The molecule has 11 heteroatoms. The van der Waals surface area contributed by atoms with E-state index >= 15 is 0 Å². The molecule has 33 heavy (non-hydrogen) atoms. The molecule has 0 fully saturated rings. The zero-order valence-electron chi connectivity index (χ0n) is 17.5. The molecule has 0 radical (unpaired) electrons. The monoisotopic (exact) mass is 447 g/mol. The van der Waals surface area contributed by atoms with Gasteiger partial charge in [-0.1, -0.05) is 0 Å². The number of guanidine groups is 1. The van der Waals surface area contributed by atoms with E-state index in [1.807, 2.05) is 0 Å². The third kappa shape index (κ3) is 4.77. The minimum absolute atomic E-state index is 0.0415. The van der Waals surface area contributed by atoms with E-state index in [4.69, 9.17) is 10.5 Å². The first-order valence-corrected chi connectivity index (χ1v) is 9.92. The molecule has 0 bridgehead atoms. The number of rotatable bonds is 6. The Kier molecular flexibility index (Phi) is 5.68. The van der Waals surface area contributed by atoms with Crippen molar-refractivity contribution in [3.05, 3.63) is 59.9 Å². The zero-order chi connectivity index (χ0) is 23.5. The van der Waals surface area contributed by atoms with Crippen LogP contribution in [0.5, 0.6) is 0 Å². The van der Waals surface area contributed by atoms with Crippen LogP contribution in [0.15, 0.2) is 48.5 Å². The molecule has 0 aliphatic carbocycles. The largest absolute Gasteiger partial charge is 0.477 e. The number of fused-ring (bicyclic) bond motifs is 2. The molecule has 8 N–H and O–H groups in total. The van der Waals surface area contributed by atoms with E-state index in [0.717, 1.165) is 10.9 Å². The highest BCUT2D eigenvalue weighted by Crippen LogP contribution is 2.23. The summed E-state index contributed by atoms with van der Waals surface area (Å²) in [5, 5.41) is 28.7. The van der Waals surface area contributed by atoms with Crippen molar-refractivity contribution in [2.45, 2.75) is 0 Å². The SMILES string of the molecule is CNC(=N)NCC(=O)Nc1ccc2[nH]c(C(=O)Nc3ccc4[nH]c(C(=O)O)cc4c3)cc2c1. The van der Waals surface area contributed by atoms with Crippen LogP contribution in [0.25, 0.3) is 21.8 Å². The summed E-state index contributed by atoms with van der Waals surface area (Å²) in [6.45, 7) is -0.0576. The van der Waals surface area contributed by atoms with Crippen LogP contribution in [0.3, 0.4) is 0 Å². The van der Waals surface area contributed by atoms with Gasteiger partial charge in [-0.15, -0.1) is 0 Å². The molecule has 0 atom stereocenters. The first-order chi connectivity index (χ1) is 15.8. The normalized spacial score (nSPS) is 10.7. The van der Waals surface area contributed by atoms with Gasteiger partial charge in [0.1, 0.15) is 11.4 Å². The molecule has 168 valence electrons. The van der Waals surface area contributed by atoms with Crippen molar-refractivity contribution in [1.82, 2.24) is 20.6 Å². The molecular weight excluding hydrogens is 426 g/mol. The predicted molar refractivity (Wildman–Crippen MR) is 125 cm³/mol. The van der Waals surface area contributed by atoms with Gasteiger partial charge in [-0.05, 0) is 48.5 Å². The van der Waals surface area contributed by atoms with Gasteiger partial charge >= 0.3 is 5.97 Å². The number of carbonyl (C=O) groups is 3. The van der Waals surface area contributed by atoms with Crippen molar-refractivity contribution in [2.75, 3.05) is 24.2 Å². The summed E-state index contributed by atoms with van der Waals surface area (Å²) < 4.78 is 0. The number of aromatic amines is 2. The van der Waals surface area contributed by atoms with Gasteiger partial charge in [0.05, 0.1) is 6.54 Å². The van der Waals surface area contributed by atoms with Gasteiger partial charge < -0.3 is 36.3 Å². The molecule has 0 spiro atoms. The maximum Gasteiger partial charge on any atom is 0.352 e. The minimum Gasteiger partial charge on any atom is -0.477 e. The van der Waals surface area contributed by atoms with Gasteiger partial charge in [0.2, 0.25) is 5.91 Å². The lowest BCUT2D eigenvalue weighted by Crippen LogP contribution is -2.38. The van der Waals surface area contributed by atoms with E-state index in [-0.39, 0.29) is 30.0 Å². The topological polar surface area (TPSA) is 175 Å². The molecule has 0 unspecified atom stereocenters. The number of H-pyrrole nitrogens is 2. The fourth-order valence-electron chi connectivity index (χ4n) is 3.32. The summed E-state index contributed by atoms with van der Waals surface area (Å²) in [6.07, 6.45) is 0. The molecule has 0 aliphatic rings. The smallest absolute Gasteiger partial charge is 0.352 e. The second-order valence-electron chi connectivity index (χ2n) is 7.26. The van der Waals surface area contributed by atoms with Crippen LogP contribution in [0.2, 0.25) is 0 Å². The summed E-state index contributed by atoms with van der Waals surface area (Å²) >= 11 is 0. The molecule has 2 amide bonds. The fourth-order valence-corrected chi connectivity index (χ4v) is 3.32. The lowest BCUT2D eigenvalue weighted by Gasteiger charge is -2.08. The number of carbonyl (C=O) groups excluding carboxylic acids is 2. The number of benzene rings is 2. The highest BCUT2D eigenvalue weighted by atomic mass is 16.4. The van der Waals surface area contributed by atoms with Gasteiger partial charge in [0.25, 0.3) is 5.91 Å². The summed E-state index contributed by atoms with van der Waals surface area (Å²) in [7, 11) is 1.58. The van der Waals surface area contributed by atoms with Crippen LogP contribution in [-0.2, 0) is 4.79 Å². The summed E-state index contributed by atoms with van der Waals surface area (Å²) in [6, 6.07) is 13.4. The van der Waals surface area contributed by atoms with Gasteiger partial charge in [-0.2, -0.15) is 0 Å². The van der Waals surface area contributed by atoms with Crippen molar-refractivity contribution in [2.24, 2.45) is 0 Å². The molecule has 11 nitrogen and oxygen atoms in total. The van der Waals surface area contributed by atoms with Crippen LogP contribution in [-0.4, -0.2) is 52.4 Å². The Bertz CT molecular complexity index is 1400. The van der Waals surface area contributed by atoms with E-state index in [0.29, 0.717) is 28.0 Å². The van der Waals surface area contributed by atoms with Gasteiger partial charge in [0, 0.05) is 40.2 Å². The van der Waals surface area contributed by atoms with Crippen molar-refractivity contribution in [3.8, 4) is 0 Å². The Balaban J connectivity index is 1.46. The Hall–Kier alpha value is -4.80. The first kappa shape index (κ1) is 21.4.